The molecule has 0 atom stereocenters. The van der Waals surface area contributed by atoms with Gasteiger partial charge in [-0.25, -0.2) is 13.9 Å². The maximum absolute atomic E-state index is 13.0. The Kier molecular flexibility index (Phi) is 6.70. The standard InChI is InChI=1S/C19H17F2N5O4S/c1-11-3-5-14(26(27)28)16(7-11)30-10-13-8-12(4-6-15(13)29-2)9-22-25-18(17(20)21)23-24-19(25)31/h3-9,17H,10H2,1-2H3,(H,24,31)/b22-9-. The van der Waals surface area contributed by atoms with E-state index >= 15 is 0 Å². The van der Waals surface area contributed by atoms with Gasteiger partial charge in [0.25, 0.3) is 6.43 Å². The van der Waals surface area contributed by atoms with Crippen molar-refractivity contribution in [2.45, 2.75) is 20.0 Å². The van der Waals surface area contributed by atoms with Gasteiger partial charge in [0.2, 0.25) is 10.6 Å². The summed E-state index contributed by atoms with van der Waals surface area (Å²) in [5.41, 5.74) is 1.77. The Hall–Kier alpha value is -3.67. The fourth-order valence-electron chi connectivity index (χ4n) is 2.72. The molecule has 3 aromatic rings. The number of H-pyrrole nitrogens is 1. The summed E-state index contributed by atoms with van der Waals surface area (Å²) in [5.74, 6) is 0.00289. The van der Waals surface area contributed by atoms with Gasteiger partial charge in [0.1, 0.15) is 12.4 Å². The molecular weight excluding hydrogens is 432 g/mol. The van der Waals surface area contributed by atoms with Crippen molar-refractivity contribution in [2.75, 3.05) is 7.11 Å². The number of hydrogen-bond acceptors (Lipinski definition) is 7. The molecule has 162 valence electrons. The third-order valence-corrected chi connectivity index (χ3v) is 4.46. The Labute approximate surface area is 180 Å². The average molecular weight is 449 g/mol. The highest BCUT2D eigenvalue weighted by Crippen LogP contribution is 2.30. The smallest absolute Gasteiger partial charge is 0.310 e. The van der Waals surface area contributed by atoms with E-state index < -0.39 is 17.2 Å². The molecule has 0 radical (unpaired) electrons. The lowest BCUT2D eigenvalue weighted by Gasteiger charge is -2.12. The Morgan fingerprint density at radius 3 is 2.77 bits per heavy atom. The molecule has 1 aromatic heterocycles. The molecule has 2 aromatic carbocycles. The molecule has 31 heavy (non-hydrogen) atoms. The third-order valence-electron chi connectivity index (χ3n) is 4.19. The zero-order valence-corrected chi connectivity index (χ0v) is 17.2. The molecule has 0 aliphatic heterocycles. The fraction of sp³-hybridized carbons (Fsp3) is 0.211. The van der Waals surface area contributed by atoms with Crippen LogP contribution >= 0.6 is 12.2 Å². The van der Waals surface area contributed by atoms with Crippen LogP contribution in [0.4, 0.5) is 14.5 Å². The Morgan fingerprint density at radius 2 is 2.10 bits per heavy atom. The second kappa shape index (κ2) is 9.43. The first kappa shape index (κ1) is 22.0. The van der Waals surface area contributed by atoms with Crippen LogP contribution in [-0.4, -0.2) is 33.1 Å². The SMILES string of the molecule is COc1ccc(/C=N\n2c(C(F)F)n[nH]c2=S)cc1COc1cc(C)ccc1[N+](=O)[O-]. The Balaban J connectivity index is 1.87. The number of nitrogens with one attached hydrogen (secondary N) is 1. The van der Waals surface area contributed by atoms with Crippen LogP contribution in [0.2, 0.25) is 0 Å². The minimum Gasteiger partial charge on any atom is -0.496 e. The first-order valence-corrected chi connectivity index (χ1v) is 9.25. The van der Waals surface area contributed by atoms with Crippen LogP contribution in [0.25, 0.3) is 0 Å². The van der Waals surface area contributed by atoms with Gasteiger partial charge in [-0.2, -0.15) is 14.9 Å². The summed E-state index contributed by atoms with van der Waals surface area (Å²) in [5, 5.41) is 20.9. The predicted molar refractivity (Wildman–Crippen MR) is 111 cm³/mol. The van der Waals surface area contributed by atoms with Gasteiger partial charge in [0.15, 0.2) is 5.75 Å². The molecule has 0 spiro atoms. The minimum atomic E-state index is -2.85. The van der Waals surface area contributed by atoms with E-state index in [1.54, 1.807) is 37.3 Å². The lowest BCUT2D eigenvalue weighted by atomic mass is 10.1. The van der Waals surface area contributed by atoms with E-state index in [1.165, 1.54) is 19.4 Å². The molecule has 0 saturated heterocycles. The molecular formula is C19H17F2N5O4S. The number of alkyl halides is 2. The van der Waals surface area contributed by atoms with E-state index in [0.717, 1.165) is 10.2 Å². The van der Waals surface area contributed by atoms with Crippen molar-refractivity contribution in [1.29, 1.82) is 0 Å². The van der Waals surface area contributed by atoms with Gasteiger partial charge in [-0.3, -0.25) is 10.1 Å². The lowest BCUT2D eigenvalue weighted by molar-refractivity contribution is -0.386. The lowest BCUT2D eigenvalue weighted by Crippen LogP contribution is -2.03. The van der Waals surface area contributed by atoms with E-state index in [0.29, 0.717) is 16.9 Å². The molecule has 0 aliphatic carbocycles. The van der Waals surface area contributed by atoms with Crippen molar-refractivity contribution in [3.63, 3.8) is 0 Å². The van der Waals surface area contributed by atoms with Crippen LogP contribution in [-0.2, 0) is 6.61 Å². The number of nitrogens with zero attached hydrogens (tertiary/aromatic N) is 4. The van der Waals surface area contributed by atoms with Gasteiger partial charge in [-0.05, 0) is 54.5 Å². The number of nitro groups is 1. The van der Waals surface area contributed by atoms with Crippen molar-refractivity contribution in [3.05, 3.63) is 73.8 Å². The first-order valence-electron chi connectivity index (χ1n) is 8.84. The summed E-state index contributed by atoms with van der Waals surface area (Å²) in [7, 11) is 1.47. The first-order chi connectivity index (χ1) is 14.8. The highest BCUT2D eigenvalue weighted by molar-refractivity contribution is 7.71. The highest BCUT2D eigenvalue weighted by Gasteiger charge is 2.17. The van der Waals surface area contributed by atoms with Crippen LogP contribution in [0.1, 0.15) is 28.9 Å². The molecule has 0 unspecified atom stereocenters. The normalized spacial score (nSPS) is 11.3. The number of hydrogen-bond donors (Lipinski definition) is 1. The van der Waals surface area contributed by atoms with E-state index in [1.807, 2.05) is 0 Å². The van der Waals surface area contributed by atoms with Crippen LogP contribution in [0.15, 0.2) is 41.5 Å². The van der Waals surface area contributed by atoms with Crippen LogP contribution < -0.4 is 9.47 Å². The molecule has 0 bridgehead atoms. The van der Waals surface area contributed by atoms with Crippen molar-refractivity contribution in [1.82, 2.24) is 14.9 Å². The van der Waals surface area contributed by atoms with Crippen molar-refractivity contribution in [3.8, 4) is 11.5 Å². The largest absolute Gasteiger partial charge is 0.496 e. The predicted octanol–water partition coefficient (Wildman–Crippen LogP) is 4.56. The van der Waals surface area contributed by atoms with Gasteiger partial charge in [-0.1, -0.05) is 6.07 Å². The number of methoxy groups -OCH3 is 1. The van der Waals surface area contributed by atoms with E-state index in [2.05, 4.69) is 15.3 Å². The quantitative estimate of drug-likeness (QED) is 0.234. The molecule has 1 heterocycles. The number of nitro benzene ring substituents is 1. The summed E-state index contributed by atoms with van der Waals surface area (Å²) in [6, 6.07) is 9.54. The third kappa shape index (κ3) is 5.09. The number of aromatic amines is 1. The number of aryl methyl sites for hydroxylation is 1. The summed E-state index contributed by atoms with van der Waals surface area (Å²) in [6.07, 6.45) is -1.52. The number of halogens is 2. The molecule has 12 heteroatoms. The Morgan fingerprint density at radius 1 is 1.32 bits per heavy atom. The van der Waals surface area contributed by atoms with Crippen LogP contribution in [0, 0.1) is 21.8 Å². The van der Waals surface area contributed by atoms with Crippen molar-refractivity contribution in [2.24, 2.45) is 5.10 Å². The molecule has 0 fully saturated rings. The monoisotopic (exact) mass is 449 g/mol. The zero-order chi connectivity index (χ0) is 22.5. The molecule has 0 saturated carbocycles. The molecule has 3 rings (SSSR count). The molecule has 9 nitrogen and oxygen atoms in total. The topological polar surface area (TPSA) is 108 Å². The van der Waals surface area contributed by atoms with Gasteiger partial charge < -0.3 is 9.47 Å². The van der Waals surface area contributed by atoms with E-state index in [9.17, 15) is 18.9 Å². The summed E-state index contributed by atoms with van der Waals surface area (Å²) < 4.78 is 37.8. The molecule has 0 aliphatic rings. The number of benzene rings is 2. The van der Waals surface area contributed by atoms with Crippen molar-refractivity contribution < 1.29 is 23.2 Å². The maximum atomic E-state index is 13.0. The average Bonchev–Trinajstić information content (AvgIpc) is 3.11. The summed E-state index contributed by atoms with van der Waals surface area (Å²) >= 11 is 4.92. The van der Waals surface area contributed by atoms with Gasteiger partial charge >= 0.3 is 5.69 Å². The van der Waals surface area contributed by atoms with E-state index in [-0.39, 0.29) is 22.8 Å². The van der Waals surface area contributed by atoms with Gasteiger partial charge in [-0.15, -0.1) is 0 Å². The van der Waals surface area contributed by atoms with E-state index in [4.69, 9.17) is 21.7 Å². The van der Waals surface area contributed by atoms with Crippen molar-refractivity contribution >= 4 is 24.1 Å². The number of rotatable bonds is 8. The zero-order valence-electron chi connectivity index (χ0n) is 16.4. The Bertz CT molecular complexity index is 1190. The summed E-state index contributed by atoms with van der Waals surface area (Å²) in [6.45, 7) is 1.77. The minimum absolute atomic E-state index is 0.0252. The maximum Gasteiger partial charge on any atom is 0.310 e. The number of ether oxygens (including phenoxy) is 2. The van der Waals surface area contributed by atoms with Crippen LogP contribution in [0.5, 0.6) is 11.5 Å². The van der Waals surface area contributed by atoms with Gasteiger partial charge in [0, 0.05) is 11.6 Å². The van der Waals surface area contributed by atoms with Crippen LogP contribution in [0.3, 0.4) is 0 Å². The summed E-state index contributed by atoms with van der Waals surface area (Å²) in [4.78, 5) is 10.7. The second-order valence-corrected chi connectivity index (χ2v) is 6.72. The van der Waals surface area contributed by atoms with Gasteiger partial charge in [0.05, 0.1) is 18.2 Å². The molecule has 1 N–H and O–H groups in total. The number of aromatic nitrogens is 3. The fourth-order valence-corrected chi connectivity index (χ4v) is 2.90. The second-order valence-electron chi connectivity index (χ2n) is 6.33. The highest BCUT2D eigenvalue weighted by atomic mass is 32.1. The molecule has 0 amide bonds.